The average Bonchev–Trinajstić information content (AvgIpc) is 3.22. The smallest absolute Gasteiger partial charge is 0.264 e. The maximum Gasteiger partial charge on any atom is 0.264 e. The number of carbonyl (C=O) groups excluding carboxylic acids is 1. The molecule has 3 heterocycles. The Morgan fingerprint density at radius 1 is 1.33 bits per heavy atom. The molecule has 0 aliphatic rings. The summed E-state index contributed by atoms with van der Waals surface area (Å²) in [6, 6.07) is 5.91. The van der Waals surface area contributed by atoms with Gasteiger partial charge in [0.1, 0.15) is 11.3 Å². The fraction of sp³-hybridized carbons (Fsp3) is 0.476. The number of thiophene rings is 1. The molecular weight excluding hydrogens is 356 g/mol. The molecule has 5 nitrogen and oxygen atoms in total. The third kappa shape index (κ3) is 4.38. The standard InChI is InChI=1S/C21H28N4OS/c1-5-11-25-18(23-17-7-6-10-22-20(17)25)14-24(12-8-15(2)3)21(26)19-16(4)9-13-27-19/h6-7,9-10,13,15H,5,8,11-12,14H2,1-4H3. The molecule has 0 aromatic carbocycles. The summed E-state index contributed by atoms with van der Waals surface area (Å²) in [4.78, 5) is 25.3. The monoisotopic (exact) mass is 384 g/mol. The zero-order valence-electron chi connectivity index (χ0n) is 16.6. The Labute approximate surface area is 165 Å². The number of amides is 1. The van der Waals surface area contributed by atoms with Crippen molar-refractivity contribution in [1.29, 1.82) is 0 Å². The van der Waals surface area contributed by atoms with Crippen LogP contribution < -0.4 is 0 Å². The maximum atomic E-state index is 13.2. The van der Waals surface area contributed by atoms with Gasteiger partial charge >= 0.3 is 0 Å². The second-order valence-electron chi connectivity index (χ2n) is 7.37. The molecule has 0 unspecified atom stereocenters. The number of nitrogens with zero attached hydrogens (tertiary/aromatic N) is 4. The van der Waals surface area contributed by atoms with Gasteiger partial charge in [0, 0.05) is 19.3 Å². The SMILES string of the molecule is CCCn1c(CN(CCC(C)C)C(=O)c2sccc2C)nc2cccnc21. The van der Waals surface area contributed by atoms with E-state index in [4.69, 9.17) is 4.98 Å². The van der Waals surface area contributed by atoms with E-state index >= 15 is 0 Å². The van der Waals surface area contributed by atoms with Crippen molar-refractivity contribution in [3.8, 4) is 0 Å². The Balaban J connectivity index is 1.94. The van der Waals surface area contributed by atoms with Crippen LogP contribution in [0, 0.1) is 12.8 Å². The Kier molecular flexibility index (Phi) is 6.26. The van der Waals surface area contributed by atoms with E-state index in [1.165, 1.54) is 11.3 Å². The van der Waals surface area contributed by atoms with E-state index in [-0.39, 0.29) is 5.91 Å². The van der Waals surface area contributed by atoms with Crippen LogP contribution in [0.2, 0.25) is 0 Å². The summed E-state index contributed by atoms with van der Waals surface area (Å²) in [6.45, 7) is 10.6. The van der Waals surface area contributed by atoms with E-state index in [9.17, 15) is 4.79 Å². The molecule has 0 saturated heterocycles. The molecule has 0 aliphatic heterocycles. The number of fused-ring (bicyclic) bond motifs is 1. The van der Waals surface area contributed by atoms with Gasteiger partial charge in [-0.05, 0) is 54.8 Å². The van der Waals surface area contributed by atoms with Crippen LogP contribution in [0.3, 0.4) is 0 Å². The van der Waals surface area contributed by atoms with Crippen molar-refractivity contribution in [3.63, 3.8) is 0 Å². The summed E-state index contributed by atoms with van der Waals surface area (Å²) in [5, 5.41) is 1.99. The highest BCUT2D eigenvalue weighted by atomic mass is 32.1. The van der Waals surface area contributed by atoms with Gasteiger partial charge in [0.25, 0.3) is 5.91 Å². The molecule has 0 aliphatic carbocycles. The molecule has 27 heavy (non-hydrogen) atoms. The van der Waals surface area contributed by atoms with E-state index in [1.807, 2.05) is 35.4 Å². The summed E-state index contributed by atoms with van der Waals surface area (Å²) in [5.74, 6) is 1.56. The maximum absolute atomic E-state index is 13.2. The summed E-state index contributed by atoms with van der Waals surface area (Å²) in [7, 11) is 0. The normalized spacial score (nSPS) is 11.4. The summed E-state index contributed by atoms with van der Waals surface area (Å²) in [5.41, 5.74) is 2.84. The molecule has 0 spiro atoms. The van der Waals surface area contributed by atoms with Crippen molar-refractivity contribution in [2.45, 2.75) is 53.6 Å². The third-order valence-corrected chi connectivity index (χ3v) is 5.69. The zero-order valence-corrected chi connectivity index (χ0v) is 17.4. The second kappa shape index (κ2) is 8.65. The minimum Gasteiger partial charge on any atom is -0.330 e. The van der Waals surface area contributed by atoms with Crippen LogP contribution in [-0.2, 0) is 13.1 Å². The number of imidazole rings is 1. The van der Waals surface area contributed by atoms with Gasteiger partial charge in [-0.3, -0.25) is 4.79 Å². The predicted octanol–water partition coefficient (Wildman–Crippen LogP) is 4.90. The molecule has 3 aromatic rings. The molecule has 1 amide bonds. The van der Waals surface area contributed by atoms with Gasteiger partial charge in [0.15, 0.2) is 5.65 Å². The minimum atomic E-state index is 0.103. The molecule has 6 heteroatoms. The number of rotatable bonds is 8. The Morgan fingerprint density at radius 3 is 2.81 bits per heavy atom. The first-order chi connectivity index (χ1) is 13.0. The van der Waals surface area contributed by atoms with Crippen LogP contribution >= 0.6 is 11.3 Å². The molecule has 0 bridgehead atoms. The van der Waals surface area contributed by atoms with Gasteiger partial charge in [-0.1, -0.05) is 20.8 Å². The number of aromatic nitrogens is 3. The molecule has 144 valence electrons. The fourth-order valence-corrected chi connectivity index (χ4v) is 4.05. The lowest BCUT2D eigenvalue weighted by molar-refractivity contribution is 0.0733. The molecular formula is C21H28N4OS. The van der Waals surface area contributed by atoms with Gasteiger partial charge in [0.2, 0.25) is 0 Å². The molecule has 0 saturated carbocycles. The van der Waals surface area contributed by atoms with Gasteiger partial charge in [-0.15, -0.1) is 11.3 Å². The number of carbonyl (C=O) groups is 1. The van der Waals surface area contributed by atoms with E-state index < -0.39 is 0 Å². The van der Waals surface area contributed by atoms with Crippen LogP contribution in [0.25, 0.3) is 11.2 Å². The number of pyridine rings is 1. The highest BCUT2D eigenvalue weighted by molar-refractivity contribution is 7.12. The summed E-state index contributed by atoms with van der Waals surface area (Å²) in [6.07, 6.45) is 3.78. The summed E-state index contributed by atoms with van der Waals surface area (Å²) >= 11 is 1.52. The number of hydrogen-bond acceptors (Lipinski definition) is 4. The lowest BCUT2D eigenvalue weighted by atomic mass is 10.1. The van der Waals surface area contributed by atoms with Crippen molar-refractivity contribution >= 4 is 28.4 Å². The van der Waals surface area contributed by atoms with Crippen molar-refractivity contribution in [2.24, 2.45) is 5.92 Å². The van der Waals surface area contributed by atoms with Gasteiger partial charge in [-0.25, -0.2) is 9.97 Å². The summed E-state index contributed by atoms with van der Waals surface area (Å²) < 4.78 is 2.16. The third-order valence-electron chi connectivity index (χ3n) is 4.68. The Hall–Kier alpha value is -2.21. The molecule has 3 aromatic heterocycles. The Morgan fingerprint density at radius 2 is 2.15 bits per heavy atom. The highest BCUT2D eigenvalue weighted by Gasteiger charge is 2.22. The van der Waals surface area contributed by atoms with Crippen LogP contribution in [0.5, 0.6) is 0 Å². The van der Waals surface area contributed by atoms with Crippen LogP contribution in [0.4, 0.5) is 0 Å². The fourth-order valence-electron chi connectivity index (χ4n) is 3.16. The first-order valence-corrected chi connectivity index (χ1v) is 10.5. The first-order valence-electron chi connectivity index (χ1n) is 9.64. The molecule has 3 rings (SSSR count). The Bertz CT molecular complexity index is 912. The van der Waals surface area contributed by atoms with E-state index in [2.05, 4.69) is 30.3 Å². The molecule has 0 radical (unpaired) electrons. The number of hydrogen-bond donors (Lipinski definition) is 0. The lowest BCUT2D eigenvalue weighted by Crippen LogP contribution is -2.33. The zero-order chi connectivity index (χ0) is 19.4. The molecule has 0 atom stereocenters. The topological polar surface area (TPSA) is 51.0 Å². The van der Waals surface area contributed by atoms with Crippen LogP contribution in [0.1, 0.15) is 54.7 Å². The first kappa shape index (κ1) is 19.5. The molecule has 0 N–H and O–H groups in total. The van der Waals surface area contributed by atoms with Crippen LogP contribution in [-0.4, -0.2) is 31.9 Å². The largest absolute Gasteiger partial charge is 0.330 e. The molecule has 0 fully saturated rings. The second-order valence-corrected chi connectivity index (χ2v) is 8.28. The van der Waals surface area contributed by atoms with Crippen molar-refractivity contribution < 1.29 is 4.79 Å². The van der Waals surface area contributed by atoms with Gasteiger partial charge in [-0.2, -0.15) is 0 Å². The van der Waals surface area contributed by atoms with Crippen molar-refractivity contribution in [1.82, 2.24) is 19.4 Å². The van der Waals surface area contributed by atoms with Crippen molar-refractivity contribution in [2.75, 3.05) is 6.54 Å². The number of aryl methyl sites for hydroxylation is 2. The van der Waals surface area contributed by atoms with E-state index in [1.54, 1.807) is 6.20 Å². The van der Waals surface area contributed by atoms with Gasteiger partial charge < -0.3 is 9.47 Å². The highest BCUT2D eigenvalue weighted by Crippen LogP contribution is 2.22. The van der Waals surface area contributed by atoms with E-state index in [0.29, 0.717) is 12.5 Å². The van der Waals surface area contributed by atoms with Gasteiger partial charge in [0.05, 0.1) is 11.4 Å². The van der Waals surface area contributed by atoms with Crippen molar-refractivity contribution in [3.05, 3.63) is 46.0 Å². The predicted molar refractivity (Wildman–Crippen MR) is 111 cm³/mol. The van der Waals surface area contributed by atoms with E-state index in [0.717, 1.165) is 53.4 Å². The minimum absolute atomic E-state index is 0.103. The lowest BCUT2D eigenvalue weighted by Gasteiger charge is -2.23. The average molecular weight is 385 g/mol. The van der Waals surface area contributed by atoms with Crippen LogP contribution in [0.15, 0.2) is 29.8 Å². The quantitative estimate of drug-likeness (QED) is 0.555.